The van der Waals surface area contributed by atoms with Crippen molar-refractivity contribution in [1.82, 2.24) is 10.2 Å². The first-order valence-electron chi connectivity index (χ1n) is 4.69. The van der Waals surface area contributed by atoms with Crippen LogP contribution in [0.1, 0.15) is 10.9 Å². The molecule has 0 spiro atoms. The molecule has 14 heavy (non-hydrogen) atoms. The Balaban J connectivity index is 2.00. The number of nitrogens with zero attached hydrogens (tertiary/aromatic N) is 2. The molecule has 0 unspecified atom stereocenters. The maximum atomic E-state index is 9.09. The largest absolute Gasteiger partial charge is 0.315 e. The van der Waals surface area contributed by atoms with Crippen LogP contribution in [0.25, 0.3) is 0 Å². The van der Waals surface area contributed by atoms with E-state index in [0.717, 1.165) is 18.0 Å². The van der Waals surface area contributed by atoms with Crippen LogP contribution in [-0.4, -0.2) is 31.1 Å². The van der Waals surface area contributed by atoms with Gasteiger partial charge in [-0.25, -0.2) is 0 Å². The second-order valence-corrected chi connectivity index (χ2v) is 4.47. The first-order valence-corrected chi connectivity index (χ1v) is 5.57. The van der Waals surface area contributed by atoms with Gasteiger partial charge in [0, 0.05) is 24.0 Å². The van der Waals surface area contributed by atoms with Crippen molar-refractivity contribution in [3.8, 4) is 6.07 Å². The fourth-order valence-corrected chi connectivity index (χ4v) is 2.48. The molecule has 2 rings (SSSR count). The molecule has 2 heterocycles. The lowest BCUT2D eigenvalue weighted by Gasteiger charge is -2.41. The van der Waals surface area contributed by atoms with Gasteiger partial charge in [0.15, 0.2) is 0 Å². The summed E-state index contributed by atoms with van der Waals surface area (Å²) in [7, 11) is 1.97. The molecule has 3 nitrogen and oxygen atoms in total. The number of hydrogen-bond donors (Lipinski definition) is 1. The summed E-state index contributed by atoms with van der Waals surface area (Å²) < 4.78 is 0. The molecule has 1 N–H and O–H groups in total. The minimum absolute atomic E-state index is 0.0420. The minimum atomic E-state index is -0.0420. The predicted octanol–water partition coefficient (Wildman–Crippen LogP) is 1.22. The summed E-state index contributed by atoms with van der Waals surface area (Å²) in [5.74, 6) is 0. The van der Waals surface area contributed by atoms with Gasteiger partial charge in [0.25, 0.3) is 0 Å². The van der Waals surface area contributed by atoms with E-state index in [9.17, 15) is 0 Å². The highest BCUT2D eigenvalue weighted by Gasteiger charge is 2.32. The summed E-state index contributed by atoms with van der Waals surface area (Å²) in [6, 6.07) is 6.91. The van der Waals surface area contributed by atoms with Gasteiger partial charge in [0.1, 0.15) is 6.04 Å². The van der Waals surface area contributed by atoms with E-state index in [1.807, 2.05) is 24.6 Å². The third-order valence-corrected chi connectivity index (χ3v) is 3.54. The minimum Gasteiger partial charge on any atom is -0.315 e. The van der Waals surface area contributed by atoms with Gasteiger partial charge in [-0.2, -0.15) is 5.26 Å². The Kier molecular flexibility index (Phi) is 2.82. The van der Waals surface area contributed by atoms with E-state index in [4.69, 9.17) is 5.26 Å². The molecule has 0 aliphatic carbocycles. The number of thiophene rings is 1. The molecule has 0 amide bonds. The van der Waals surface area contributed by atoms with Crippen LogP contribution >= 0.6 is 11.3 Å². The number of likely N-dealkylation sites (N-methyl/N-ethyl adjacent to an activating group) is 1. The van der Waals surface area contributed by atoms with Crippen molar-refractivity contribution in [2.24, 2.45) is 0 Å². The van der Waals surface area contributed by atoms with Gasteiger partial charge in [-0.1, -0.05) is 6.07 Å². The molecule has 1 aliphatic heterocycles. The molecule has 1 saturated heterocycles. The van der Waals surface area contributed by atoms with Gasteiger partial charge in [-0.15, -0.1) is 11.3 Å². The Morgan fingerprint density at radius 3 is 3.00 bits per heavy atom. The van der Waals surface area contributed by atoms with E-state index in [0.29, 0.717) is 6.04 Å². The van der Waals surface area contributed by atoms with Crippen LogP contribution in [0.2, 0.25) is 0 Å². The van der Waals surface area contributed by atoms with Crippen LogP contribution in [0.4, 0.5) is 0 Å². The van der Waals surface area contributed by atoms with Gasteiger partial charge in [-0.05, 0) is 18.5 Å². The molecule has 0 radical (unpaired) electrons. The average Bonchev–Trinajstić information content (AvgIpc) is 2.62. The molecule has 4 heteroatoms. The van der Waals surface area contributed by atoms with Crippen LogP contribution < -0.4 is 5.32 Å². The van der Waals surface area contributed by atoms with E-state index in [1.165, 1.54) is 0 Å². The summed E-state index contributed by atoms with van der Waals surface area (Å²) >= 11 is 1.66. The molecule has 1 atom stereocenters. The summed E-state index contributed by atoms with van der Waals surface area (Å²) in [5.41, 5.74) is 0. The number of nitriles is 1. The number of rotatable bonds is 3. The summed E-state index contributed by atoms with van der Waals surface area (Å²) in [4.78, 5) is 3.36. The molecule has 0 saturated carbocycles. The molecule has 1 fully saturated rings. The van der Waals surface area contributed by atoms with Crippen molar-refractivity contribution in [2.45, 2.75) is 12.1 Å². The van der Waals surface area contributed by atoms with Crippen LogP contribution in [0.3, 0.4) is 0 Å². The molecular weight excluding hydrogens is 194 g/mol. The van der Waals surface area contributed by atoms with Gasteiger partial charge in [0.05, 0.1) is 6.07 Å². The Bertz CT molecular complexity index is 322. The maximum Gasteiger partial charge on any atom is 0.133 e. The normalized spacial score (nSPS) is 20.0. The second kappa shape index (κ2) is 4.09. The first kappa shape index (κ1) is 9.66. The molecule has 74 valence electrons. The van der Waals surface area contributed by atoms with Crippen LogP contribution in [0.5, 0.6) is 0 Å². The smallest absolute Gasteiger partial charge is 0.133 e. The lowest BCUT2D eigenvalue weighted by molar-refractivity contribution is 0.106. The van der Waals surface area contributed by atoms with E-state index in [-0.39, 0.29) is 6.04 Å². The SMILES string of the molecule is CNC1CN([C@H](C#N)c2cccs2)C1. The highest BCUT2D eigenvalue weighted by atomic mass is 32.1. The average molecular weight is 207 g/mol. The Hall–Kier alpha value is -0.890. The molecular formula is C10H13N3S. The quantitative estimate of drug-likeness (QED) is 0.810. The number of nitrogens with one attached hydrogen (secondary N) is 1. The van der Waals surface area contributed by atoms with Crippen molar-refractivity contribution in [2.75, 3.05) is 20.1 Å². The molecule has 0 bridgehead atoms. The molecule has 0 aromatic carbocycles. The fourth-order valence-electron chi connectivity index (χ4n) is 1.68. The Labute approximate surface area is 88.0 Å². The lowest BCUT2D eigenvalue weighted by Crippen LogP contribution is -2.57. The summed E-state index contributed by atoms with van der Waals surface area (Å²) in [5, 5.41) is 14.3. The van der Waals surface area contributed by atoms with Crippen molar-refractivity contribution < 1.29 is 0 Å². The van der Waals surface area contributed by atoms with Crippen molar-refractivity contribution in [3.05, 3.63) is 22.4 Å². The van der Waals surface area contributed by atoms with Crippen LogP contribution in [0, 0.1) is 11.3 Å². The monoisotopic (exact) mass is 207 g/mol. The lowest BCUT2D eigenvalue weighted by atomic mass is 10.1. The summed E-state index contributed by atoms with van der Waals surface area (Å²) in [6.07, 6.45) is 0. The van der Waals surface area contributed by atoms with Crippen LogP contribution in [-0.2, 0) is 0 Å². The van der Waals surface area contributed by atoms with E-state index >= 15 is 0 Å². The highest BCUT2D eigenvalue weighted by molar-refractivity contribution is 7.10. The first-order chi connectivity index (χ1) is 6.85. The molecule has 1 aromatic heterocycles. The number of likely N-dealkylation sites (tertiary alicyclic amines) is 1. The zero-order chi connectivity index (χ0) is 9.97. The van der Waals surface area contributed by atoms with Crippen molar-refractivity contribution >= 4 is 11.3 Å². The van der Waals surface area contributed by atoms with Gasteiger partial charge < -0.3 is 5.32 Å². The Morgan fingerprint density at radius 2 is 2.50 bits per heavy atom. The third-order valence-electron chi connectivity index (χ3n) is 2.62. The van der Waals surface area contributed by atoms with Gasteiger partial charge in [0.2, 0.25) is 0 Å². The fraction of sp³-hybridized carbons (Fsp3) is 0.500. The van der Waals surface area contributed by atoms with E-state index < -0.39 is 0 Å². The van der Waals surface area contributed by atoms with E-state index in [1.54, 1.807) is 11.3 Å². The zero-order valence-corrected chi connectivity index (χ0v) is 8.92. The number of hydrogen-bond acceptors (Lipinski definition) is 4. The molecule has 1 aromatic rings. The van der Waals surface area contributed by atoms with Crippen molar-refractivity contribution in [3.63, 3.8) is 0 Å². The Morgan fingerprint density at radius 1 is 1.71 bits per heavy atom. The standard InChI is InChI=1S/C10H13N3S/c1-12-8-6-13(7-8)9(5-11)10-3-2-4-14-10/h2-4,8-9,12H,6-7H2,1H3/t9-/m1/s1. The highest BCUT2D eigenvalue weighted by Crippen LogP contribution is 2.28. The second-order valence-electron chi connectivity index (χ2n) is 3.49. The maximum absolute atomic E-state index is 9.09. The summed E-state index contributed by atoms with van der Waals surface area (Å²) in [6.45, 7) is 1.96. The predicted molar refractivity (Wildman–Crippen MR) is 57.1 cm³/mol. The zero-order valence-electron chi connectivity index (χ0n) is 8.10. The third kappa shape index (κ3) is 1.67. The van der Waals surface area contributed by atoms with Crippen molar-refractivity contribution in [1.29, 1.82) is 5.26 Å². The van der Waals surface area contributed by atoms with Gasteiger partial charge in [-0.3, -0.25) is 4.90 Å². The van der Waals surface area contributed by atoms with Crippen LogP contribution in [0.15, 0.2) is 17.5 Å². The van der Waals surface area contributed by atoms with Gasteiger partial charge >= 0.3 is 0 Å². The van der Waals surface area contributed by atoms with E-state index in [2.05, 4.69) is 16.3 Å². The molecule has 1 aliphatic rings. The topological polar surface area (TPSA) is 39.1 Å².